The summed E-state index contributed by atoms with van der Waals surface area (Å²) in [6.45, 7) is 2.50. The lowest BCUT2D eigenvalue weighted by atomic mass is 10.0. The monoisotopic (exact) mass is 359 g/mol. The van der Waals surface area contributed by atoms with Gasteiger partial charge in [0.15, 0.2) is 5.43 Å². The van der Waals surface area contributed by atoms with E-state index in [0.29, 0.717) is 28.8 Å². The summed E-state index contributed by atoms with van der Waals surface area (Å²) in [6.07, 6.45) is 0. The van der Waals surface area contributed by atoms with Crippen LogP contribution in [-0.2, 0) is 6.54 Å². The van der Waals surface area contributed by atoms with Crippen LogP contribution >= 0.6 is 12.4 Å². The molecule has 0 atom stereocenters. The van der Waals surface area contributed by atoms with Crippen LogP contribution in [-0.4, -0.2) is 26.1 Å². The van der Waals surface area contributed by atoms with E-state index in [0.717, 1.165) is 16.9 Å². The number of ether oxygens (including phenoxy) is 1. The average molecular weight is 360 g/mol. The highest BCUT2D eigenvalue weighted by atomic mass is 35.5. The van der Waals surface area contributed by atoms with Gasteiger partial charge in [-0.25, -0.2) is 0 Å². The SMILES string of the molecule is COc1cc2oc(-c3ccccc3)c(C)c(=O)c2cc1CN(C)C.Cl. The van der Waals surface area contributed by atoms with Gasteiger partial charge in [-0.2, -0.15) is 0 Å². The van der Waals surface area contributed by atoms with Crippen molar-refractivity contribution < 1.29 is 9.15 Å². The molecule has 0 aliphatic heterocycles. The fourth-order valence-electron chi connectivity index (χ4n) is 2.88. The van der Waals surface area contributed by atoms with Gasteiger partial charge in [0.05, 0.1) is 12.5 Å². The van der Waals surface area contributed by atoms with Crippen LogP contribution in [0.5, 0.6) is 5.75 Å². The first-order chi connectivity index (χ1) is 11.5. The predicted molar refractivity (Wildman–Crippen MR) is 104 cm³/mol. The largest absolute Gasteiger partial charge is 0.496 e. The van der Waals surface area contributed by atoms with E-state index in [2.05, 4.69) is 0 Å². The number of nitrogens with zero attached hydrogens (tertiary/aromatic N) is 1. The van der Waals surface area contributed by atoms with Gasteiger partial charge in [-0.3, -0.25) is 4.79 Å². The molecule has 0 saturated carbocycles. The smallest absolute Gasteiger partial charge is 0.196 e. The normalized spacial score (nSPS) is 10.8. The van der Waals surface area contributed by atoms with Crippen molar-refractivity contribution in [2.24, 2.45) is 0 Å². The average Bonchev–Trinajstić information content (AvgIpc) is 2.58. The summed E-state index contributed by atoms with van der Waals surface area (Å²) in [6, 6.07) is 13.4. The van der Waals surface area contributed by atoms with Gasteiger partial charge in [0.25, 0.3) is 0 Å². The summed E-state index contributed by atoms with van der Waals surface area (Å²) in [5.41, 5.74) is 3.02. The van der Waals surface area contributed by atoms with Crippen LogP contribution in [0, 0.1) is 6.92 Å². The van der Waals surface area contributed by atoms with Crippen molar-refractivity contribution >= 4 is 23.4 Å². The molecule has 0 N–H and O–H groups in total. The number of rotatable bonds is 4. The van der Waals surface area contributed by atoms with Crippen LogP contribution in [0.4, 0.5) is 0 Å². The van der Waals surface area contributed by atoms with Crippen molar-refractivity contribution in [2.45, 2.75) is 13.5 Å². The Morgan fingerprint density at radius 3 is 2.40 bits per heavy atom. The molecule has 5 heteroatoms. The Hall–Kier alpha value is -2.30. The van der Waals surface area contributed by atoms with Gasteiger partial charge in [-0.1, -0.05) is 30.3 Å². The minimum atomic E-state index is -0.00207. The van der Waals surface area contributed by atoms with Gasteiger partial charge < -0.3 is 14.1 Å². The first-order valence-corrected chi connectivity index (χ1v) is 7.85. The van der Waals surface area contributed by atoms with Crippen LogP contribution < -0.4 is 10.2 Å². The number of halogens is 1. The van der Waals surface area contributed by atoms with E-state index in [-0.39, 0.29) is 17.8 Å². The Kier molecular flexibility index (Phi) is 5.88. The molecule has 3 rings (SSSR count). The van der Waals surface area contributed by atoms with Gasteiger partial charge in [0.1, 0.15) is 17.1 Å². The molecule has 0 saturated heterocycles. The van der Waals surface area contributed by atoms with E-state index < -0.39 is 0 Å². The van der Waals surface area contributed by atoms with Gasteiger partial charge in [0, 0.05) is 29.3 Å². The molecular formula is C20H22ClNO3. The number of methoxy groups -OCH3 is 1. The van der Waals surface area contributed by atoms with Crippen molar-refractivity contribution in [1.29, 1.82) is 0 Å². The summed E-state index contributed by atoms with van der Waals surface area (Å²) in [7, 11) is 5.59. The molecule has 1 aromatic heterocycles. The van der Waals surface area contributed by atoms with Gasteiger partial charge in [0.2, 0.25) is 0 Å². The molecule has 0 unspecified atom stereocenters. The van der Waals surface area contributed by atoms with E-state index in [1.807, 2.05) is 62.3 Å². The molecule has 0 bridgehead atoms. The number of hydrogen-bond acceptors (Lipinski definition) is 4. The molecule has 0 aliphatic rings. The topological polar surface area (TPSA) is 42.7 Å². The van der Waals surface area contributed by atoms with Crippen LogP contribution in [0.1, 0.15) is 11.1 Å². The fraction of sp³-hybridized carbons (Fsp3) is 0.250. The van der Waals surface area contributed by atoms with Gasteiger partial charge in [-0.05, 0) is 27.1 Å². The number of benzene rings is 2. The van der Waals surface area contributed by atoms with Crippen LogP contribution in [0.25, 0.3) is 22.3 Å². The van der Waals surface area contributed by atoms with E-state index in [1.54, 1.807) is 13.2 Å². The van der Waals surface area contributed by atoms with E-state index in [1.165, 1.54) is 0 Å². The third kappa shape index (κ3) is 3.70. The maximum absolute atomic E-state index is 12.8. The Labute approximate surface area is 153 Å². The number of hydrogen-bond donors (Lipinski definition) is 0. The van der Waals surface area contributed by atoms with Gasteiger partial charge in [-0.15, -0.1) is 12.4 Å². The summed E-state index contributed by atoms with van der Waals surface area (Å²) in [5.74, 6) is 1.33. The summed E-state index contributed by atoms with van der Waals surface area (Å²) in [5, 5.41) is 0.588. The zero-order valence-corrected chi connectivity index (χ0v) is 15.6. The lowest BCUT2D eigenvalue weighted by Gasteiger charge is -2.15. The highest BCUT2D eigenvalue weighted by molar-refractivity contribution is 5.85. The van der Waals surface area contributed by atoms with Crippen LogP contribution in [0.15, 0.2) is 51.7 Å². The van der Waals surface area contributed by atoms with Crippen molar-refractivity contribution in [3.05, 3.63) is 63.8 Å². The van der Waals surface area contributed by atoms with E-state index >= 15 is 0 Å². The first-order valence-electron chi connectivity index (χ1n) is 7.85. The minimum Gasteiger partial charge on any atom is -0.496 e. The molecule has 0 fully saturated rings. The van der Waals surface area contributed by atoms with Crippen molar-refractivity contribution in [3.8, 4) is 17.1 Å². The van der Waals surface area contributed by atoms with E-state index in [4.69, 9.17) is 9.15 Å². The first kappa shape index (κ1) is 19.0. The zero-order valence-electron chi connectivity index (χ0n) is 14.8. The standard InChI is InChI=1S/C20H21NO3.ClH/c1-13-19(22)16-10-15(12-21(2)3)17(23-4)11-18(16)24-20(13)14-8-6-5-7-9-14;/h5-11H,12H2,1-4H3;1H. The summed E-state index contributed by atoms with van der Waals surface area (Å²) in [4.78, 5) is 14.9. The minimum absolute atomic E-state index is 0. The Balaban J connectivity index is 0.00000225. The van der Waals surface area contributed by atoms with E-state index in [9.17, 15) is 4.79 Å². The predicted octanol–water partition coefficient (Wildman–Crippen LogP) is 4.26. The Morgan fingerprint density at radius 2 is 1.80 bits per heavy atom. The molecule has 3 aromatic rings. The third-order valence-electron chi connectivity index (χ3n) is 4.04. The third-order valence-corrected chi connectivity index (χ3v) is 4.04. The Morgan fingerprint density at radius 1 is 1.12 bits per heavy atom. The lowest BCUT2D eigenvalue weighted by molar-refractivity contribution is 0.372. The molecule has 2 aromatic carbocycles. The van der Waals surface area contributed by atoms with Crippen molar-refractivity contribution in [3.63, 3.8) is 0 Å². The summed E-state index contributed by atoms with van der Waals surface area (Å²) >= 11 is 0. The highest BCUT2D eigenvalue weighted by Crippen LogP contribution is 2.30. The molecule has 0 aliphatic carbocycles. The van der Waals surface area contributed by atoms with Gasteiger partial charge >= 0.3 is 0 Å². The van der Waals surface area contributed by atoms with Crippen molar-refractivity contribution in [2.75, 3.05) is 21.2 Å². The second kappa shape index (κ2) is 7.72. The molecule has 0 spiro atoms. The zero-order chi connectivity index (χ0) is 17.3. The quantitative estimate of drug-likeness (QED) is 0.698. The Bertz CT molecular complexity index is 933. The molecule has 0 radical (unpaired) electrons. The molecule has 132 valence electrons. The molecule has 25 heavy (non-hydrogen) atoms. The second-order valence-corrected chi connectivity index (χ2v) is 6.15. The molecule has 4 nitrogen and oxygen atoms in total. The van der Waals surface area contributed by atoms with Crippen LogP contribution in [0.2, 0.25) is 0 Å². The maximum atomic E-state index is 12.8. The maximum Gasteiger partial charge on any atom is 0.196 e. The number of fused-ring (bicyclic) bond motifs is 1. The summed E-state index contributed by atoms with van der Waals surface area (Å²) < 4.78 is 11.5. The highest BCUT2D eigenvalue weighted by Gasteiger charge is 2.15. The fourth-order valence-corrected chi connectivity index (χ4v) is 2.88. The molecular weight excluding hydrogens is 338 g/mol. The molecule has 1 heterocycles. The lowest BCUT2D eigenvalue weighted by Crippen LogP contribution is -2.13. The van der Waals surface area contributed by atoms with Crippen molar-refractivity contribution in [1.82, 2.24) is 4.90 Å². The molecule has 0 amide bonds. The second-order valence-electron chi connectivity index (χ2n) is 6.15. The van der Waals surface area contributed by atoms with Crippen LogP contribution in [0.3, 0.4) is 0 Å².